The van der Waals surface area contributed by atoms with E-state index >= 15 is 0 Å². The Morgan fingerprint density at radius 2 is 1.96 bits per heavy atom. The normalized spacial score (nSPS) is 28.4. The first-order chi connectivity index (χ1) is 23.0. The van der Waals surface area contributed by atoms with Crippen LogP contribution >= 0.6 is 0 Å². The first kappa shape index (κ1) is 42.2. The van der Waals surface area contributed by atoms with Crippen LogP contribution in [-0.4, -0.2) is 105 Å². The van der Waals surface area contributed by atoms with Crippen molar-refractivity contribution in [1.29, 1.82) is 0 Å². The molecular formula is C39H66N2O7. The van der Waals surface area contributed by atoms with Crippen molar-refractivity contribution in [2.75, 3.05) is 60.3 Å². The number of aliphatic hydroxyl groups excluding tert-OH is 3. The quantitative estimate of drug-likeness (QED) is 0.0302. The molecule has 9 nitrogen and oxygen atoms in total. The molecule has 2 aliphatic rings. The molecular weight excluding hydrogens is 608 g/mol. The lowest BCUT2D eigenvalue weighted by atomic mass is 9.51. The van der Waals surface area contributed by atoms with Crippen LogP contribution in [0.25, 0.3) is 0 Å². The van der Waals surface area contributed by atoms with E-state index in [2.05, 4.69) is 37.1 Å². The minimum Gasteiger partial charge on any atom is -0.396 e. The van der Waals surface area contributed by atoms with Crippen molar-refractivity contribution in [2.24, 2.45) is 17.3 Å². The molecule has 0 radical (unpaired) electrons. The Kier molecular flexibility index (Phi) is 19.3. The van der Waals surface area contributed by atoms with Gasteiger partial charge in [-0.25, -0.2) is 0 Å². The zero-order valence-corrected chi connectivity index (χ0v) is 30.4. The number of aldehydes is 1. The molecule has 2 fully saturated rings. The Hall–Kier alpha value is -1.95. The topological polar surface area (TPSA) is 141 Å². The lowest BCUT2D eigenvalue weighted by Crippen LogP contribution is -2.61. The molecule has 0 bridgehead atoms. The number of hydrogen-bond acceptors (Lipinski definition) is 9. The van der Waals surface area contributed by atoms with Gasteiger partial charge in [0.25, 0.3) is 0 Å². The van der Waals surface area contributed by atoms with Gasteiger partial charge in [0.1, 0.15) is 6.29 Å². The molecule has 6 N–H and O–H groups in total. The molecule has 6 atom stereocenters. The molecule has 0 aromatic rings. The second-order valence-corrected chi connectivity index (χ2v) is 13.9. The SMILES string of the molecule is C=C(/C=C/C=C(/COCCO)[C@@H]1CC[C@]2([C@@H]1O)[C@@H](CCCO)/C(=C(/C)C=O)CC[C@]2(O)CCNC)CC/C=C(\C)CN[C@H](C)CCOC. The fraction of sp³-hybridized carbons (Fsp3) is 0.718. The molecule has 0 heterocycles. The van der Waals surface area contributed by atoms with Crippen molar-refractivity contribution in [3.63, 3.8) is 0 Å². The Balaban J connectivity index is 2.31. The predicted octanol–water partition coefficient (Wildman–Crippen LogP) is 4.57. The Morgan fingerprint density at radius 3 is 2.62 bits per heavy atom. The molecule has 2 rings (SSSR count). The van der Waals surface area contributed by atoms with Crippen molar-refractivity contribution in [3.8, 4) is 0 Å². The van der Waals surface area contributed by atoms with E-state index < -0.39 is 17.1 Å². The summed E-state index contributed by atoms with van der Waals surface area (Å²) in [7, 11) is 3.58. The van der Waals surface area contributed by atoms with E-state index in [9.17, 15) is 25.2 Å². The van der Waals surface area contributed by atoms with Crippen LogP contribution in [0.3, 0.4) is 0 Å². The van der Waals surface area contributed by atoms with E-state index in [0.717, 1.165) is 55.4 Å². The van der Waals surface area contributed by atoms with Crippen LogP contribution in [0.15, 0.2) is 58.7 Å². The zero-order chi connectivity index (χ0) is 35.6. The Morgan fingerprint density at radius 1 is 1.19 bits per heavy atom. The van der Waals surface area contributed by atoms with Crippen molar-refractivity contribution in [2.45, 2.75) is 103 Å². The number of ether oxygens (including phenoxy) is 2. The molecule has 1 spiro atoms. The van der Waals surface area contributed by atoms with Gasteiger partial charge in [0.15, 0.2) is 0 Å². The fourth-order valence-electron chi connectivity index (χ4n) is 7.92. The van der Waals surface area contributed by atoms with E-state index in [1.165, 1.54) is 5.57 Å². The van der Waals surface area contributed by atoms with Gasteiger partial charge in [0, 0.05) is 44.2 Å². The second-order valence-electron chi connectivity index (χ2n) is 13.9. The standard InChI is InChI=1S/C39H66N2O7/c1-29(10-7-12-30(2)26-41-32(4)17-24-47-6)11-8-13-33(28-48-25-23-43)35-16-19-39(37(35)45)36(14-9-22-42)34(31(3)27-44)15-18-38(39,46)20-21-40-5/h8,11-13,27,32,35-37,40-43,45-46H,1,7,9-10,14-26,28H2,2-6H3/b11-8+,30-12+,33-13-,34-31-/t32-,35+,36+,37-,38+,39-/m1/s1. The van der Waals surface area contributed by atoms with Crippen molar-refractivity contribution < 1.29 is 34.7 Å². The van der Waals surface area contributed by atoms with E-state index in [4.69, 9.17) is 9.47 Å². The van der Waals surface area contributed by atoms with Crippen LogP contribution in [0, 0.1) is 17.3 Å². The third kappa shape index (κ3) is 11.6. The van der Waals surface area contributed by atoms with Gasteiger partial charge in [0.2, 0.25) is 0 Å². The van der Waals surface area contributed by atoms with Crippen LogP contribution in [-0.2, 0) is 14.3 Å². The third-order valence-corrected chi connectivity index (χ3v) is 10.7. The second kappa shape index (κ2) is 22.0. The average molecular weight is 675 g/mol. The molecule has 0 saturated heterocycles. The highest BCUT2D eigenvalue weighted by atomic mass is 16.5. The van der Waals surface area contributed by atoms with Crippen molar-refractivity contribution >= 4 is 6.29 Å². The minimum absolute atomic E-state index is 0.00361. The maximum atomic E-state index is 12.4. The van der Waals surface area contributed by atoms with Crippen LogP contribution in [0.4, 0.5) is 0 Å². The summed E-state index contributed by atoms with van der Waals surface area (Å²) in [5.41, 5.74) is 2.80. The van der Waals surface area contributed by atoms with Crippen LogP contribution in [0.5, 0.6) is 0 Å². The van der Waals surface area contributed by atoms with Gasteiger partial charge in [-0.1, -0.05) is 47.6 Å². The molecule has 274 valence electrons. The van der Waals surface area contributed by atoms with Crippen LogP contribution in [0.1, 0.15) is 85.0 Å². The summed E-state index contributed by atoms with van der Waals surface area (Å²) in [4.78, 5) is 12.0. The van der Waals surface area contributed by atoms with Gasteiger partial charge in [-0.2, -0.15) is 0 Å². The summed E-state index contributed by atoms with van der Waals surface area (Å²) in [6.45, 7) is 12.9. The number of rotatable bonds is 23. The largest absolute Gasteiger partial charge is 0.396 e. The molecule has 0 unspecified atom stereocenters. The molecule has 48 heavy (non-hydrogen) atoms. The van der Waals surface area contributed by atoms with Crippen LogP contribution < -0.4 is 10.6 Å². The third-order valence-electron chi connectivity index (χ3n) is 10.7. The summed E-state index contributed by atoms with van der Waals surface area (Å²) >= 11 is 0. The van der Waals surface area contributed by atoms with Gasteiger partial charge >= 0.3 is 0 Å². The van der Waals surface area contributed by atoms with Crippen molar-refractivity contribution in [3.05, 3.63) is 58.7 Å². The number of allylic oxidation sites excluding steroid dienone is 7. The van der Waals surface area contributed by atoms with Gasteiger partial charge in [-0.05, 0) is 116 Å². The number of nitrogens with one attached hydrogen (secondary N) is 2. The van der Waals surface area contributed by atoms with Gasteiger partial charge in [0.05, 0.1) is 31.5 Å². The fourth-order valence-corrected chi connectivity index (χ4v) is 7.92. The van der Waals surface area contributed by atoms with Gasteiger partial charge in [-0.3, -0.25) is 4.79 Å². The van der Waals surface area contributed by atoms with Gasteiger partial charge < -0.3 is 40.5 Å². The highest BCUT2D eigenvalue weighted by molar-refractivity contribution is 5.74. The lowest BCUT2D eigenvalue weighted by molar-refractivity contribution is -0.180. The molecule has 2 aliphatic carbocycles. The Labute approximate surface area is 290 Å². The van der Waals surface area contributed by atoms with Gasteiger partial charge in [-0.15, -0.1) is 0 Å². The van der Waals surface area contributed by atoms with E-state index in [1.807, 2.05) is 32.2 Å². The lowest BCUT2D eigenvalue weighted by Gasteiger charge is -2.57. The number of carbonyl (C=O) groups excluding carboxylic acids is 1. The monoisotopic (exact) mass is 674 g/mol. The molecule has 9 heteroatoms. The van der Waals surface area contributed by atoms with Crippen LogP contribution in [0.2, 0.25) is 0 Å². The summed E-state index contributed by atoms with van der Waals surface area (Å²) in [6, 6.07) is 0.396. The molecule has 0 amide bonds. The molecule has 2 saturated carbocycles. The summed E-state index contributed by atoms with van der Waals surface area (Å²) in [5, 5.41) is 50.8. The molecule has 0 aliphatic heterocycles. The summed E-state index contributed by atoms with van der Waals surface area (Å²) < 4.78 is 11.0. The average Bonchev–Trinajstić information content (AvgIpc) is 3.42. The zero-order valence-electron chi connectivity index (χ0n) is 30.4. The number of aliphatic hydroxyl groups is 4. The number of carbonyl (C=O) groups is 1. The summed E-state index contributed by atoms with van der Waals surface area (Å²) in [6.07, 6.45) is 14.8. The summed E-state index contributed by atoms with van der Waals surface area (Å²) in [5.74, 6) is -0.514. The maximum absolute atomic E-state index is 12.4. The van der Waals surface area contributed by atoms with Crippen molar-refractivity contribution in [1.82, 2.24) is 10.6 Å². The highest BCUT2D eigenvalue weighted by Crippen LogP contribution is 2.63. The van der Waals surface area contributed by atoms with E-state index in [1.54, 1.807) is 7.11 Å². The minimum atomic E-state index is -1.15. The number of methoxy groups -OCH3 is 1. The number of hydrogen-bond donors (Lipinski definition) is 6. The Bertz CT molecular complexity index is 1120. The smallest absolute Gasteiger partial charge is 0.145 e. The highest BCUT2D eigenvalue weighted by Gasteiger charge is 2.65. The maximum Gasteiger partial charge on any atom is 0.145 e. The van der Waals surface area contributed by atoms with E-state index in [-0.39, 0.29) is 38.3 Å². The first-order valence-corrected chi connectivity index (χ1v) is 18.0. The van der Waals surface area contributed by atoms with E-state index in [0.29, 0.717) is 63.1 Å². The first-order valence-electron chi connectivity index (χ1n) is 18.0. The molecule has 0 aromatic heterocycles. The predicted molar refractivity (Wildman–Crippen MR) is 194 cm³/mol. The molecule has 0 aromatic carbocycles.